The van der Waals surface area contributed by atoms with E-state index in [2.05, 4.69) is 10.2 Å². The fourth-order valence-corrected chi connectivity index (χ4v) is 4.02. The van der Waals surface area contributed by atoms with Gasteiger partial charge in [-0.2, -0.15) is 0 Å². The van der Waals surface area contributed by atoms with Crippen molar-refractivity contribution in [1.82, 2.24) is 19.4 Å². The maximum atomic E-state index is 12.2. The number of hydrogen-bond acceptors (Lipinski definition) is 5. The van der Waals surface area contributed by atoms with E-state index < -0.39 is 10.0 Å². The lowest BCUT2D eigenvalue weighted by Crippen LogP contribution is -2.48. The molecule has 0 aliphatic carbocycles. The largest absolute Gasteiger partial charge is 0.340 e. The van der Waals surface area contributed by atoms with Crippen LogP contribution in [0.1, 0.15) is 19.3 Å². The van der Waals surface area contributed by atoms with Gasteiger partial charge in [-0.25, -0.2) is 12.7 Å². The van der Waals surface area contributed by atoms with Crippen molar-refractivity contribution in [2.24, 2.45) is 0 Å². The molecular formula is C14H28N4O3S. The first-order valence-corrected chi connectivity index (χ1v) is 9.86. The normalized spacial score (nSPS) is 22.2. The van der Waals surface area contributed by atoms with Crippen LogP contribution in [0.5, 0.6) is 0 Å². The lowest BCUT2D eigenvalue weighted by Gasteiger charge is -2.36. The number of nitrogens with zero attached hydrogens (tertiary/aromatic N) is 3. The number of carbonyl (C=O) groups is 1. The summed E-state index contributed by atoms with van der Waals surface area (Å²) in [4.78, 5) is 16.3. The highest BCUT2D eigenvalue weighted by Gasteiger charge is 2.27. The SMILES string of the molecule is CN(CCC(=O)N1CCNCC1)C1CCN(S(C)(=O)=O)CC1. The average Bonchev–Trinajstić information content (AvgIpc) is 2.52. The van der Waals surface area contributed by atoms with E-state index in [-0.39, 0.29) is 5.91 Å². The first kappa shape index (κ1) is 17.7. The van der Waals surface area contributed by atoms with Gasteiger partial charge in [0.15, 0.2) is 0 Å². The van der Waals surface area contributed by atoms with E-state index in [1.807, 2.05) is 11.9 Å². The second-order valence-corrected chi connectivity index (χ2v) is 8.24. The quantitative estimate of drug-likeness (QED) is 0.711. The molecule has 0 aromatic carbocycles. The zero-order chi connectivity index (χ0) is 16.2. The molecule has 8 heteroatoms. The minimum absolute atomic E-state index is 0.224. The zero-order valence-electron chi connectivity index (χ0n) is 13.6. The van der Waals surface area contributed by atoms with E-state index in [1.54, 1.807) is 4.31 Å². The summed E-state index contributed by atoms with van der Waals surface area (Å²) in [7, 11) is -1.03. The fraction of sp³-hybridized carbons (Fsp3) is 0.929. The van der Waals surface area contributed by atoms with Crippen molar-refractivity contribution in [3.05, 3.63) is 0 Å². The number of hydrogen-bond donors (Lipinski definition) is 1. The van der Waals surface area contributed by atoms with Gasteiger partial charge in [0.25, 0.3) is 0 Å². The Labute approximate surface area is 133 Å². The Morgan fingerprint density at radius 2 is 1.77 bits per heavy atom. The highest BCUT2D eigenvalue weighted by atomic mass is 32.2. The van der Waals surface area contributed by atoms with E-state index in [0.29, 0.717) is 25.6 Å². The molecule has 2 saturated heterocycles. The maximum absolute atomic E-state index is 12.2. The highest BCUT2D eigenvalue weighted by molar-refractivity contribution is 7.88. The van der Waals surface area contributed by atoms with Crippen LogP contribution in [0, 0.1) is 0 Å². The molecule has 22 heavy (non-hydrogen) atoms. The molecule has 0 spiro atoms. The molecule has 2 heterocycles. The summed E-state index contributed by atoms with van der Waals surface area (Å²) in [6.45, 7) is 5.27. The lowest BCUT2D eigenvalue weighted by atomic mass is 10.1. The molecule has 2 fully saturated rings. The van der Waals surface area contributed by atoms with Gasteiger partial charge < -0.3 is 15.1 Å². The number of nitrogens with one attached hydrogen (secondary N) is 1. The van der Waals surface area contributed by atoms with Crippen LogP contribution in [0.4, 0.5) is 0 Å². The van der Waals surface area contributed by atoms with Crippen LogP contribution >= 0.6 is 0 Å². The Hall–Kier alpha value is -0.700. The van der Waals surface area contributed by atoms with Crippen molar-refractivity contribution < 1.29 is 13.2 Å². The van der Waals surface area contributed by atoms with Crippen molar-refractivity contribution in [1.29, 1.82) is 0 Å². The van der Waals surface area contributed by atoms with Gasteiger partial charge in [0.1, 0.15) is 0 Å². The molecule has 1 amide bonds. The molecule has 128 valence electrons. The Kier molecular flexibility index (Phi) is 6.19. The van der Waals surface area contributed by atoms with Gasteiger partial charge in [0.2, 0.25) is 15.9 Å². The summed E-state index contributed by atoms with van der Waals surface area (Å²) >= 11 is 0. The maximum Gasteiger partial charge on any atom is 0.223 e. The number of sulfonamides is 1. The third-order valence-corrected chi connectivity index (χ3v) is 5.97. The van der Waals surface area contributed by atoms with Crippen LogP contribution in [0.15, 0.2) is 0 Å². The summed E-state index contributed by atoms with van der Waals surface area (Å²) in [5, 5.41) is 3.24. The monoisotopic (exact) mass is 332 g/mol. The second-order valence-electron chi connectivity index (χ2n) is 6.25. The molecule has 0 saturated carbocycles. The third kappa shape index (κ3) is 4.91. The number of carbonyl (C=O) groups excluding carboxylic acids is 1. The topological polar surface area (TPSA) is 73.0 Å². The van der Waals surface area contributed by atoms with Gasteiger partial charge >= 0.3 is 0 Å². The predicted molar refractivity (Wildman–Crippen MR) is 86.1 cm³/mol. The van der Waals surface area contributed by atoms with Crippen LogP contribution in [-0.4, -0.2) is 93.6 Å². The van der Waals surface area contributed by atoms with Crippen molar-refractivity contribution >= 4 is 15.9 Å². The summed E-state index contributed by atoms with van der Waals surface area (Å²) in [6.07, 6.45) is 3.49. The smallest absolute Gasteiger partial charge is 0.223 e. The molecule has 0 bridgehead atoms. The molecule has 7 nitrogen and oxygen atoms in total. The van der Waals surface area contributed by atoms with Gasteiger partial charge in [-0.1, -0.05) is 0 Å². The van der Waals surface area contributed by atoms with Crippen molar-refractivity contribution in [3.63, 3.8) is 0 Å². The molecule has 0 unspecified atom stereocenters. The summed E-state index contributed by atoms with van der Waals surface area (Å²) in [6, 6.07) is 0.369. The molecule has 2 aliphatic rings. The van der Waals surface area contributed by atoms with Crippen molar-refractivity contribution in [2.45, 2.75) is 25.3 Å². The van der Waals surface area contributed by atoms with Gasteiger partial charge in [-0.15, -0.1) is 0 Å². The van der Waals surface area contributed by atoms with Gasteiger partial charge in [-0.05, 0) is 19.9 Å². The van der Waals surface area contributed by atoms with Crippen molar-refractivity contribution in [3.8, 4) is 0 Å². The zero-order valence-corrected chi connectivity index (χ0v) is 14.4. The first-order chi connectivity index (χ1) is 10.4. The van der Waals surface area contributed by atoms with Crippen molar-refractivity contribution in [2.75, 3.05) is 59.1 Å². The molecule has 0 atom stereocenters. The number of piperazine rings is 1. The highest BCUT2D eigenvalue weighted by Crippen LogP contribution is 2.17. The van der Waals surface area contributed by atoms with Crippen LogP contribution in [0.2, 0.25) is 0 Å². The van der Waals surface area contributed by atoms with E-state index in [1.165, 1.54) is 6.26 Å². The summed E-state index contributed by atoms with van der Waals surface area (Å²) in [5.74, 6) is 0.224. The van der Waals surface area contributed by atoms with Crippen LogP contribution in [-0.2, 0) is 14.8 Å². The molecule has 0 radical (unpaired) electrons. The first-order valence-electron chi connectivity index (χ1n) is 8.02. The third-order valence-electron chi connectivity index (χ3n) is 4.66. The Morgan fingerprint density at radius 1 is 1.18 bits per heavy atom. The second kappa shape index (κ2) is 7.72. The van der Waals surface area contributed by atoms with Crippen LogP contribution in [0.25, 0.3) is 0 Å². The summed E-state index contributed by atoms with van der Waals surface area (Å²) in [5.41, 5.74) is 0. The Balaban J connectivity index is 1.71. The van der Waals surface area contributed by atoms with E-state index in [9.17, 15) is 13.2 Å². The van der Waals surface area contributed by atoms with Gasteiger partial charge in [0.05, 0.1) is 6.26 Å². The number of amides is 1. The molecule has 0 aromatic rings. The molecule has 1 N–H and O–H groups in total. The van der Waals surface area contributed by atoms with Gasteiger partial charge in [-0.3, -0.25) is 4.79 Å². The van der Waals surface area contributed by atoms with E-state index in [4.69, 9.17) is 0 Å². The van der Waals surface area contributed by atoms with Crippen LogP contribution < -0.4 is 5.32 Å². The minimum Gasteiger partial charge on any atom is -0.340 e. The van der Waals surface area contributed by atoms with E-state index >= 15 is 0 Å². The standard InChI is InChI=1S/C14H28N4O3S/c1-16(8-5-14(19)17-11-6-15-7-12-17)13-3-9-18(10-4-13)22(2,20)21/h13,15H,3-12H2,1-2H3. The minimum atomic E-state index is -3.07. The predicted octanol–water partition coefficient (Wildman–Crippen LogP) is -0.836. The average molecular weight is 332 g/mol. The van der Waals surface area contributed by atoms with Crippen LogP contribution in [0.3, 0.4) is 0 Å². The molecule has 2 rings (SSSR count). The molecule has 2 aliphatic heterocycles. The Bertz CT molecular complexity index is 468. The van der Waals surface area contributed by atoms with E-state index in [0.717, 1.165) is 45.6 Å². The van der Waals surface area contributed by atoms with Gasteiger partial charge in [0, 0.05) is 58.3 Å². The lowest BCUT2D eigenvalue weighted by molar-refractivity contribution is -0.132. The number of piperidine rings is 1. The molecular weight excluding hydrogens is 304 g/mol. The Morgan fingerprint density at radius 3 is 2.32 bits per heavy atom. The molecule has 0 aromatic heterocycles. The summed E-state index contributed by atoms with van der Waals surface area (Å²) < 4.78 is 24.6. The number of rotatable bonds is 5. The fourth-order valence-electron chi connectivity index (χ4n) is 3.14.